The number of hydrogen-bond donors (Lipinski definition) is 0. The largest absolute Gasteiger partial charge is 0.273 e. The molecule has 0 fully saturated rings. The zero-order valence-corrected chi connectivity index (χ0v) is 10.4. The van der Waals surface area contributed by atoms with E-state index in [4.69, 9.17) is 0 Å². The summed E-state index contributed by atoms with van der Waals surface area (Å²) in [7, 11) is 0. The van der Waals surface area contributed by atoms with Crippen LogP contribution in [0.4, 0.5) is 10.1 Å². The van der Waals surface area contributed by atoms with Crippen LogP contribution in [0, 0.1) is 22.9 Å². The van der Waals surface area contributed by atoms with Crippen molar-refractivity contribution in [2.45, 2.75) is 16.7 Å². The Morgan fingerprint density at radius 1 is 1.11 bits per heavy atom. The monoisotopic (exact) mass is 263 g/mol. The lowest BCUT2D eigenvalue weighted by molar-refractivity contribution is -0.385. The SMILES string of the molecule is Cc1ccc(Sc2cc(F)cc([N+](=O)[O-])c2)cc1. The molecule has 2 aromatic carbocycles. The van der Waals surface area contributed by atoms with Gasteiger partial charge in [0.2, 0.25) is 0 Å². The molecule has 0 saturated heterocycles. The van der Waals surface area contributed by atoms with Crippen molar-refractivity contribution in [3.63, 3.8) is 0 Å². The standard InChI is InChI=1S/C13H10FNO2S/c1-9-2-4-12(5-3-9)18-13-7-10(14)6-11(8-13)15(16)17/h2-8H,1H3. The van der Waals surface area contributed by atoms with E-state index < -0.39 is 10.7 Å². The Morgan fingerprint density at radius 3 is 2.39 bits per heavy atom. The van der Waals surface area contributed by atoms with Crippen LogP contribution in [0.2, 0.25) is 0 Å². The highest BCUT2D eigenvalue weighted by molar-refractivity contribution is 7.99. The van der Waals surface area contributed by atoms with Crippen molar-refractivity contribution in [1.82, 2.24) is 0 Å². The zero-order valence-electron chi connectivity index (χ0n) is 9.59. The van der Waals surface area contributed by atoms with Crippen LogP contribution in [-0.4, -0.2) is 4.92 Å². The average Bonchev–Trinajstić information content (AvgIpc) is 2.31. The van der Waals surface area contributed by atoms with Crippen LogP contribution in [-0.2, 0) is 0 Å². The summed E-state index contributed by atoms with van der Waals surface area (Å²) in [5.74, 6) is -0.598. The predicted octanol–water partition coefficient (Wildman–Crippen LogP) is 4.19. The number of hydrogen-bond acceptors (Lipinski definition) is 3. The third-order valence-corrected chi connectivity index (χ3v) is 3.30. The van der Waals surface area contributed by atoms with Crippen LogP contribution in [0.3, 0.4) is 0 Å². The lowest BCUT2D eigenvalue weighted by Gasteiger charge is -2.02. The molecule has 5 heteroatoms. The lowest BCUT2D eigenvalue weighted by atomic mass is 10.2. The second kappa shape index (κ2) is 5.18. The van der Waals surface area contributed by atoms with Crippen molar-refractivity contribution in [3.8, 4) is 0 Å². The van der Waals surface area contributed by atoms with Crippen molar-refractivity contribution in [2.24, 2.45) is 0 Å². The van der Waals surface area contributed by atoms with E-state index in [1.54, 1.807) is 0 Å². The van der Waals surface area contributed by atoms with Crippen LogP contribution in [0.25, 0.3) is 0 Å². The molecule has 0 aromatic heterocycles. The second-order valence-corrected chi connectivity index (χ2v) is 4.96. The fourth-order valence-corrected chi connectivity index (χ4v) is 2.35. The van der Waals surface area contributed by atoms with Crippen molar-refractivity contribution in [3.05, 3.63) is 64.0 Å². The Labute approximate surface area is 108 Å². The molecule has 0 aliphatic rings. The number of nitro groups is 1. The number of non-ortho nitro benzene ring substituents is 1. The first-order valence-corrected chi connectivity index (χ1v) is 6.06. The number of aryl methyl sites for hydroxylation is 1. The molecule has 0 aliphatic carbocycles. The number of nitro benzene ring substituents is 1. The summed E-state index contributed by atoms with van der Waals surface area (Å²) in [5.41, 5.74) is 0.897. The normalized spacial score (nSPS) is 10.3. The molecule has 0 unspecified atom stereocenters. The first kappa shape index (κ1) is 12.6. The summed E-state index contributed by atoms with van der Waals surface area (Å²) in [6.07, 6.45) is 0. The van der Waals surface area contributed by atoms with Gasteiger partial charge in [-0.15, -0.1) is 0 Å². The average molecular weight is 263 g/mol. The minimum Gasteiger partial charge on any atom is -0.258 e. The molecule has 92 valence electrons. The van der Waals surface area contributed by atoms with Crippen LogP contribution in [0.1, 0.15) is 5.56 Å². The molecule has 0 bridgehead atoms. The summed E-state index contributed by atoms with van der Waals surface area (Å²) in [5, 5.41) is 10.6. The van der Waals surface area contributed by atoms with Gasteiger partial charge in [0.15, 0.2) is 0 Å². The Kier molecular flexibility index (Phi) is 3.62. The molecule has 0 amide bonds. The van der Waals surface area contributed by atoms with Crippen LogP contribution < -0.4 is 0 Å². The summed E-state index contributed by atoms with van der Waals surface area (Å²) < 4.78 is 13.2. The minimum absolute atomic E-state index is 0.232. The van der Waals surface area contributed by atoms with Crippen LogP contribution in [0.5, 0.6) is 0 Å². The van der Waals surface area contributed by atoms with Gasteiger partial charge in [-0.3, -0.25) is 10.1 Å². The summed E-state index contributed by atoms with van der Waals surface area (Å²) >= 11 is 1.30. The van der Waals surface area contributed by atoms with Gasteiger partial charge < -0.3 is 0 Å². The molecular weight excluding hydrogens is 253 g/mol. The van der Waals surface area contributed by atoms with Gasteiger partial charge in [-0.1, -0.05) is 29.5 Å². The van der Waals surface area contributed by atoms with E-state index in [2.05, 4.69) is 0 Å². The van der Waals surface area contributed by atoms with E-state index >= 15 is 0 Å². The maximum absolute atomic E-state index is 13.2. The quantitative estimate of drug-likeness (QED) is 0.616. The molecule has 0 spiro atoms. The highest BCUT2D eigenvalue weighted by Crippen LogP contribution is 2.31. The molecule has 0 aliphatic heterocycles. The smallest absolute Gasteiger partial charge is 0.258 e. The topological polar surface area (TPSA) is 43.1 Å². The Bertz CT molecular complexity index is 584. The van der Waals surface area contributed by atoms with E-state index in [1.165, 1.54) is 23.9 Å². The zero-order chi connectivity index (χ0) is 13.1. The highest BCUT2D eigenvalue weighted by atomic mass is 32.2. The van der Waals surface area contributed by atoms with E-state index in [-0.39, 0.29) is 5.69 Å². The van der Waals surface area contributed by atoms with Gasteiger partial charge in [0.25, 0.3) is 5.69 Å². The van der Waals surface area contributed by atoms with Crippen molar-refractivity contribution in [1.29, 1.82) is 0 Å². The first-order chi connectivity index (χ1) is 8.54. The van der Waals surface area contributed by atoms with Gasteiger partial charge >= 0.3 is 0 Å². The number of halogens is 1. The van der Waals surface area contributed by atoms with Gasteiger partial charge in [0.1, 0.15) is 5.82 Å². The van der Waals surface area contributed by atoms with Crippen molar-refractivity contribution >= 4 is 17.4 Å². The van der Waals surface area contributed by atoms with Crippen LogP contribution >= 0.6 is 11.8 Å². The molecule has 3 nitrogen and oxygen atoms in total. The van der Waals surface area contributed by atoms with Crippen molar-refractivity contribution < 1.29 is 9.31 Å². The molecule has 0 N–H and O–H groups in total. The van der Waals surface area contributed by atoms with E-state index in [1.807, 2.05) is 31.2 Å². The number of benzene rings is 2. The molecule has 0 saturated carbocycles. The molecule has 2 rings (SSSR count). The van der Waals surface area contributed by atoms with Gasteiger partial charge in [0, 0.05) is 15.9 Å². The van der Waals surface area contributed by atoms with Gasteiger partial charge in [0.05, 0.1) is 11.0 Å². The van der Waals surface area contributed by atoms with E-state index in [0.29, 0.717) is 4.90 Å². The Hall–Kier alpha value is -1.88. The molecule has 0 atom stereocenters. The number of rotatable bonds is 3. The predicted molar refractivity (Wildman–Crippen MR) is 68.4 cm³/mol. The van der Waals surface area contributed by atoms with Gasteiger partial charge in [-0.2, -0.15) is 0 Å². The maximum atomic E-state index is 13.2. The number of nitrogens with zero attached hydrogens (tertiary/aromatic N) is 1. The summed E-state index contributed by atoms with van der Waals surface area (Å²) in [4.78, 5) is 11.5. The van der Waals surface area contributed by atoms with Gasteiger partial charge in [-0.25, -0.2) is 4.39 Å². The maximum Gasteiger partial charge on any atom is 0.273 e. The lowest BCUT2D eigenvalue weighted by Crippen LogP contribution is -1.89. The van der Waals surface area contributed by atoms with E-state index in [9.17, 15) is 14.5 Å². The third kappa shape index (κ3) is 3.07. The second-order valence-electron chi connectivity index (χ2n) is 3.82. The summed E-state index contributed by atoms with van der Waals surface area (Å²) in [6.45, 7) is 1.97. The highest BCUT2D eigenvalue weighted by Gasteiger charge is 2.10. The Morgan fingerprint density at radius 2 is 1.78 bits per heavy atom. The first-order valence-electron chi connectivity index (χ1n) is 5.24. The van der Waals surface area contributed by atoms with Crippen LogP contribution in [0.15, 0.2) is 52.3 Å². The van der Waals surface area contributed by atoms with Gasteiger partial charge in [-0.05, 0) is 25.1 Å². The Balaban J connectivity index is 2.28. The molecule has 0 radical (unpaired) electrons. The minimum atomic E-state index is -0.598. The third-order valence-electron chi connectivity index (χ3n) is 2.32. The molecular formula is C13H10FNO2S. The molecule has 2 aromatic rings. The molecule has 18 heavy (non-hydrogen) atoms. The molecule has 0 heterocycles. The van der Waals surface area contributed by atoms with Crippen molar-refractivity contribution in [2.75, 3.05) is 0 Å². The van der Waals surface area contributed by atoms with E-state index in [0.717, 1.165) is 16.5 Å². The fourth-order valence-electron chi connectivity index (χ4n) is 1.45. The fraction of sp³-hybridized carbons (Fsp3) is 0.0769. The summed E-state index contributed by atoms with van der Waals surface area (Å²) in [6, 6.07) is 11.3.